The van der Waals surface area contributed by atoms with Gasteiger partial charge in [0.2, 0.25) is 0 Å². The molecule has 1 atom stereocenters. The number of ether oxygens (including phenoxy) is 2. The number of esters is 1. The summed E-state index contributed by atoms with van der Waals surface area (Å²) < 4.78 is 10.5. The van der Waals surface area contributed by atoms with E-state index >= 15 is 0 Å². The van der Waals surface area contributed by atoms with Crippen LogP contribution in [0.4, 0.5) is 0 Å². The van der Waals surface area contributed by atoms with Gasteiger partial charge in [-0.2, -0.15) is 5.10 Å². The lowest BCUT2D eigenvalue weighted by molar-refractivity contribution is -0.137. The highest BCUT2D eigenvalue weighted by molar-refractivity contribution is 8.15. The van der Waals surface area contributed by atoms with Crippen molar-refractivity contribution in [3.8, 4) is 5.75 Å². The van der Waals surface area contributed by atoms with Crippen molar-refractivity contribution in [3.05, 3.63) is 71.3 Å². The second-order valence-corrected chi connectivity index (χ2v) is 7.29. The molecule has 8 heteroatoms. The van der Waals surface area contributed by atoms with E-state index in [0.29, 0.717) is 5.70 Å². The van der Waals surface area contributed by atoms with Crippen LogP contribution in [0.25, 0.3) is 5.70 Å². The van der Waals surface area contributed by atoms with Gasteiger partial charge < -0.3 is 15.2 Å². The van der Waals surface area contributed by atoms with E-state index in [9.17, 15) is 4.79 Å². The fraction of sp³-hybridized carbons (Fsp3) is 0.190. The molecule has 0 saturated heterocycles. The Kier molecular flexibility index (Phi) is 5.26. The standard InChI is InChI=1S/C21H20N4O3S/c1-3-28-20(26)16-17(13-7-5-4-6-8-13)25-21(23-18(16)22)29-19(24-25)14-9-11-15(27-2)12-10-14/h4-12,21H,3H2,1-2H3,(H2,22,23). The van der Waals surface area contributed by atoms with Crippen molar-refractivity contribution in [2.24, 2.45) is 15.8 Å². The zero-order chi connectivity index (χ0) is 20.4. The molecule has 0 aliphatic carbocycles. The molecule has 0 spiro atoms. The third-order valence-electron chi connectivity index (χ3n) is 4.46. The van der Waals surface area contributed by atoms with Crippen LogP contribution in [-0.2, 0) is 9.53 Å². The molecule has 0 amide bonds. The second kappa shape index (κ2) is 8.00. The van der Waals surface area contributed by atoms with Gasteiger partial charge in [0.25, 0.3) is 0 Å². The van der Waals surface area contributed by atoms with Crippen molar-refractivity contribution >= 4 is 34.3 Å². The highest BCUT2D eigenvalue weighted by atomic mass is 32.2. The SMILES string of the molecule is CCOC(=O)C1=C(c2ccccc2)N2N=C(c3ccc(OC)cc3)SC2N=C1N. The number of nitrogens with two attached hydrogens (primary N) is 1. The van der Waals surface area contributed by atoms with E-state index in [4.69, 9.17) is 20.3 Å². The van der Waals surface area contributed by atoms with Gasteiger partial charge in [0.15, 0.2) is 5.50 Å². The van der Waals surface area contributed by atoms with Gasteiger partial charge in [-0.3, -0.25) is 0 Å². The normalized spacial score (nSPS) is 18.1. The van der Waals surface area contributed by atoms with Crippen molar-refractivity contribution in [2.75, 3.05) is 13.7 Å². The summed E-state index contributed by atoms with van der Waals surface area (Å²) in [5.41, 5.74) is 8.39. The van der Waals surface area contributed by atoms with Crippen LogP contribution < -0.4 is 10.5 Å². The Hall–Kier alpha value is -3.26. The van der Waals surface area contributed by atoms with Gasteiger partial charge >= 0.3 is 5.97 Å². The Morgan fingerprint density at radius 3 is 2.52 bits per heavy atom. The monoisotopic (exact) mass is 408 g/mol. The number of hydrogen-bond acceptors (Lipinski definition) is 8. The Balaban J connectivity index is 1.81. The quantitative estimate of drug-likeness (QED) is 0.765. The molecule has 7 nitrogen and oxygen atoms in total. The van der Waals surface area contributed by atoms with Crippen LogP contribution in [0.2, 0.25) is 0 Å². The van der Waals surface area contributed by atoms with Gasteiger partial charge in [-0.25, -0.2) is 14.8 Å². The van der Waals surface area contributed by atoms with Crippen LogP contribution in [0.15, 0.2) is 70.3 Å². The molecule has 4 rings (SSSR count). The van der Waals surface area contributed by atoms with E-state index < -0.39 is 5.97 Å². The molecule has 0 bridgehead atoms. The number of aliphatic imine (C=N–C) groups is 1. The zero-order valence-electron chi connectivity index (χ0n) is 16.0. The Morgan fingerprint density at radius 2 is 1.86 bits per heavy atom. The van der Waals surface area contributed by atoms with Gasteiger partial charge in [0, 0.05) is 11.1 Å². The molecule has 0 radical (unpaired) electrons. The van der Waals surface area contributed by atoms with Gasteiger partial charge in [-0.15, -0.1) is 0 Å². The summed E-state index contributed by atoms with van der Waals surface area (Å²) in [5.74, 6) is 0.415. The Morgan fingerprint density at radius 1 is 1.14 bits per heavy atom. The molecule has 2 N–H and O–H groups in total. The summed E-state index contributed by atoms with van der Waals surface area (Å²) in [4.78, 5) is 17.2. The van der Waals surface area contributed by atoms with E-state index in [2.05, 4.69) is 4.99 Å². The molecule has 29 heavy (non-hydrogen) atoms. The number of benzene rings is 2. The summed E-state index contributed by atoms with van der Waals surface area (Å²) in [5, 5.41) is 7.29. The summed E-state index contributed by atoms with van der Waals surface area (Å²) in [7, 11) is 1.63. The number of hydrazone groups is 1. The lowest BCUT2D eigenvalue weighted by Gasteiger charge is -2.29. The number of nitrogens with zero attached hydrogens (tertiary/aromatic N) is 3. The minimum atomic E-state index is -0.510. The Bertz CT molecular complexity index is 1020. The highest BCUT2D eigenvalue weighted by Crippen LogP contribution is 2.41. The third kappa shape index (κ3) is 3.58. The molecule has 1 unspecified atom stereocenters. The summed E-state index contributed by atoms with van der Waals surface area (Å²) in [6, 6.07) is 17.2. The number of rotatable bonds is 5. The molecule has 0 aromatic heterocycles. The van der Waals surface area contributed by atoms with Crippen molar-refractivity contribution in [1.82, 2.24) is 5.01 Å². The number of hydrogen-bond donors (Lipinski definition) is 1. The van der Waals surface area contributed by atoms with Crippen LogP contribution in [-0.4, -0.2) is 41.1 Å². The van der Waals surface area contributed by atoms with E-state index in [-0.39, 0.29) is 23.5 Å². The predicted octanol–water partition coefficient (Wildman–Crippen LogP) is 3.03. The van der Waals surface area contributed by atoms with Crippen LogP contribution in [0, 0.1) is 0 Å². The molecule has 0 saturated carbocycles. The van der Waals surface area contributed by atoms with Gasteiger partial charge in [-0.1, -0.05) is 42.1 Å². The summed E-state index contributed by atoms with van der Waals surface area (Å²) in [6.45, 7) is 2.00. The van der Waals surface area contributed by atoms with Crippen molar-refractivity contribution in [1.29, 1.82) is 0 Å². The molecule has 2 aromatic carbocycles. The largest absolute Gasteiger partial charge is 0.497 e. The second-order valence-electron chi connectivity index (χ2n) is 6.25. The molecular formula is C21H20N4O3S. The molecule has 2 aliphatic heterocycles. The third-order valence-corrected chi connectivity index (χ3v) is 5.52. The number of fused-ring (bicyclic) bond motifs is 1. The first-order chi connectivity index (χ1) is 14.1. The summed E-state index contributed by atoms with van der Waals surface area (Å²) >= 11 is 1.47. The van der Waals surface area contributed by atoms with Crippen LogP contribution in [0.3, 0.4) is 0 Å². The van der Waals surface area contributed by atoms with Gasteiger partial charge in [0.1, 0.15) is 22.2 Å². The van der Waals surface area contributed by atoms with E-state index in [1.54, 1.807) is 19.0 Å². The topological polar surface area (TPSA) is 89.5 Å². The van der Waals surface area contributed by atoms with Crippen LogP contribution >= 0.6 is 11.8 Å². The average molecular weight is 408 g/mol. The number of carbonyl (C=O) groups excluding carboxylic acids is 1. The van der Waals surface area contributed by atoms with E-state index in [1.807, 2.05) is 54.6 Å². The molecular weight excluding hydrogens is 388 g/mol. The fourth-order valence-corrected chi connectivity index (χ4v) is 4.14. The first-order valence-electron chi connectivity index (χ1n) is 9.11. The smallest absolute Gasteiger partial charge is 0.344 e. The molecule has 148 valence electrons. The number of carbonyl (C=O) groups is 1. The first kappa shape index (κ1) is 19.1. The maximum absolute atomic E-state index is 12.7. The lowest BCUT2D eigenvalue weighted by Crippen LogP contribution is -2.36. The number of thioether (sulfide) groups is 1. The van der Waals surface area contributed by atoms with E-state index in [0.717, 1.165) is 21.9 Å². The molecule has 2 aromatic rings. The van der Waals surface area contributed by atoms with Gasteiger partial charge in [-0.05, 0) is 31.2 Å². The predicted molar refractivity (Wildman–Crippen MR) is 114 cm³/mol. The maximum Gasteiger partial charge on any atom is 0.344 e. The average Bonchev–Trinajstić information content (AvgIpc) is 3.17. The Labute approximate surface area is 172 Å². The molecule has 2 aliphatic rings. The van der Waals surface area contributed by atoms with Crippen LogP contribution in [0.5, 0.6) is 5.75 Å². The summed E-state index contributed by atoms with van der Waals surface area (Å²) in [6.07, 6.45) is 0. The molecule has 0 fully saturated rings. The van der Waals surface area contributed by atoms with Crippen molar-refractivity contribution in [2.45, 2.75) is 12.4 Å². The zero-order valence-corrected chi connectivity index (χ0v) is 16.8. The molecule has 2 heterocycles. The van der Waals surface area contributed by atoms with Crippen molar-refractivity contribution < 1.29 is 14.3 Å². The van der Waals surface area contributed by atoms with Crippen LogP contribution in [0.1, 0.15) is 18.1 Å². The first-order valence-corrected chi connectivity index (χ1v) is 9.99. The van der Waals surface area contributed by atoms with Gasteiger partial charge in [0.05, 0.1) is 19.4 Å². The number of methoxy groups -OCH3 is 1. The lowest BCUT2D eigenvalue weighted by atomic mass is 10.0. The fourth-order valence-electron chi connectivity index (χ4n) is 3.12. The number of amidine groups is 1. The van der Waals surface area contributed by atoms with Crippen molar-refractivity contribution in [3.63, 3.8) is 0 Å². The minimum Gasteiger partial charge on any atom is -0.497 e. The highest BCUT2D eigenvalue weighted by Gasteiger charge is 2.39. The van der Waals surface area contributed by atoms with E-state index in [1.165, 1.54) is 11.8 Å². The maximum atomic E-state index is 12.7. The minimum absolute atomic E-state index is 0.155.